The standard InChI is InChI=1S/C12H14ClNO2/c1-4-8(2)16-12-10(13)5-9(7-14)6-11(12)15-3/h5-6,8H,4H2,1-3H3/t8-/m1/s1. The third-order valence-corrected chi connectivity index (χ3v) is 2.53. The second kappa shape index (κ2) is 5.62. The maximum atomic E-state index is 8.80. The number of benzene rings is 1. The van der Waals surface area contributed by atoms with Gasteiger partial charge in [-0.15, -0.1) is 0 Å². The normalized spacial score (nSPS) is 11.7. The molecule has 0 aliphatic rings. The molecule has 0 aliphatic heterocycles. The van der Waals surface area contributed by atoms with Crippen molar-refractivity contribution in [2.75, 3.05) is 7.11 Å². The van der Waals surface area contributed by atoms with Gasteiger partial charge in [0.05, 0.1) is 29.9 Å². The molecule has 0 aliphatic carbocycles. The second-order valence-electron chi connectivity index (χ2n) is 3.44. The van der Waals surface area contributed by atoms with Crippen molar-refractivity contribution in [2.24, 2.45) is 0 Å². The Morgan fingerprint density at radius 2 is 2.19 bits per heavy atom. The lowest BCUT2D eigenvalue weighted by molar-refractivity contribution is 0.208. The van der Waals surface area contributed by atoms with Gasteiger partial charge in [-0.05, 0) is 19.4 Å². The van der Waals surface area contributed by atoms with Gasteiger partial charge >= 0.3 is 0 Å². The Hall–Kier alpha value is -1.40. The summed E-state index contributed by atoms with van der Waals surface area (Å²) in [6.07, 6.45) is 0.929. The van der Waals surface area contributed by atoms with E-state index in [1.807, 2.05) is 19.9 Å². The first kappa shape index (κ1) is 12.7. The number of nitriles is 1. The average Bonchev–Trinajstić information content (AvgIpc) is 2.30. The number of ether oxygens (including phenoxy) is 2. The van der Waals surface area contributed by atoms with Gasteiger partial charge in [-0.2, -0.15) is 5.26 Å². The molecule has 0 fully saturated rings. The molecule has 0 radical (unpaired) electrons. The number of nitrogens with zero attached hydrogens (tertiary/aromatic N) is 1. The smallest absolute Gasteiger partial charge is 0.180 e. The summed E-state index contributed by atoms with van der Waals surface area (Å²) in [7, 11) is 1.52. The van der Waals surface area contributed by atoms with Crippen molar-refractivity contribution in [2.45, 2.75) is 26.4 Å². The fourth-order valence-electron chi connectivity index (χ4n) is 1.18. The van der Waals surface area contributed by atoms with Crippen molar-refractivity contribution in [3.63, 3.8) is 0 Å². The minimum absolute atomic E-state index is 0.0549. The Balaban J connectivity index is 3.12. The highest BCUT2D eigenvalue weighted by Crippen LogP contribution is 2.37. The monoisotopic (exact) mass is 239 g/mol. The Bertz CT molecular complexity index is 412. The summed E-state index contributed by atoms with van der Waals surface area (Å²) >= 11 is 6.04. The summed E-state index contributed by atoms with van der Waals surface area (Å²) in [5, 5.41) is 9.20. The van der Waals surface area contributed by atoms with Crippen LogP contribution in [0.2, 0.25) is 5.02 Å². The predicted octanol–water partition coefficient (Wildman–Crippen LogP) is 3.40. The van der Waals surface area contributed by atoms with Gasteiger partial charge in [0, 0.05) is 6.07 Å². The number of hydrogen-bond donors (Lipinski definition) is 0. The van der Waals surface area contributed by atoms with E-state index in [4.69, 9.17) is 26.3 Å². The number of rotatable bonds is 4. The van der Waals surface area contributed by atoms with E-state index >= 15 is 0 Å². The van der Waals surface area contributed by atoms with Crippen LogP contribution in [0.5, 0.6) is 11.5 Å². The van der Waals surface area contributed by atoms with Crippen LogP contribution in [0.3, 0.4) is 0 Å². The number of methoxy groups -OCH3 is 1. The minimum Gasteiger partial charge on any atom is -0.493 e. The van der Waals surface area contributed by atoms with Gasteiger partial charge in [-0.1, -0.05) is 18.5 Å². The van der Waals surface area contributed by atoms with E-state index in [0.29, 0.717) is 22.1 Å². The van der Waals surface area contributed by atoms with Gasteiger partial charge < -0.3 is 9.47 Å². The quantitative estimate of drug-likeness (QED) is 0.809. The zero-order chi connectivity index (χ0) is 12.1. The molecule has 0 spiro atoms. The number of hydrogen-bond acceptors (Lipinski definition) is 3. The lowest BCUT2D eigenvalue weighted by atomic mass is 10.2. The Morgan fingerprint density at radius 3 is 2.69 bits per heavy atom. The van der Waals surface area contributed by atoms with Crippen LogP contribution in [-0.2, 0) is 0 Å². The van der Waals surface area contributed by atoms with E-state index in [0.717, 1.165) is 6.42 Å². The fourth-order valence-corrected chi connectivity index (χ4v) is 1.44. The topological polar surface area (TPSA) is 42.2 Å². The SMILES string of the molecule is CC[C@@H](C)Oc1c(Cl)cc(C#N)cc1OC. The summed E-state index contributed by atoms with van der Waals surface area (Å²) in [5.41, 5.74) is 0.457. The van der Waals surface area contributed by atoms with Crippen molar-refractivity contribution in [1.29, 1.82) is 5.26 Å². The van der Waals surface area contributed by atoms with Gasteiger partial charge in [0.2, 0.25) is 0 Å². The largest absolute Gasteiger partial charge is 0.493 e. The molecule has 1 aromatic rings. The average molecular weight is 240 g/mol. The van der Waals surface area contributed by atoms with Crippen molar-refractivity contribution in [1.82, 2.24) is 0 Å². The molecule has 0 amide bonds. The summed E-state index contributed by atoms with van der Waals surface area (Å²) in [5.74, 6) is 0.988. The first-order valence-electron chi connectivity index (χ1n) is 5.06. The maximum Gasteiger partial charge on any atom is 0.180 e. The molecular weight excluding hydrogens is 226 g/mol. The van der Waals surface area contributed by atoms with Crippen LogP contribution in [0, 0.1) is 11.3 Å². The van der Waals surface area contributed by atoms with Gasteiger partial charge in [0.25, 0.3) is 0 Å². The molecule has 16 heavy (non-hydrogen) atoms. The molecule has 1 aromatic carbocycles. The number of halogens is 1. The van der Waals surface area contributed by atoms with E-state index in [-0.39, 0.29) is 6.10 Å². The van der Waals surface area contributed by atoms with E-state index in [2.05, 4.69) is 0 Å². The Labute approximate surface area is 101 Å². The molecule has 0 heterocycles. The minimum atomic E-state index is 0.0549. The lowest BCUT2D eigenvalue weighted by Crippen LogP contribution is -2.11. The van der Waals surface area contributed by atoms with Crippen molar-refractivity contribution in [3.05, 3.63) is 22.7 Å². The predicted molar refractivity (Wildman–Crippen MR) is 63.1 cm³/mol. The van der Waals surface area contributed by atoms with Crippen LogP contribution < -0.4 is 9.47 Å². The molecule has 86 valence electrons. The molecule has 1 rings (SSSR count). The first-order chi connectivity index (χ1) is 7.62. The highest BCUT2D eigenvalue weighted by molar-refractivity contribution is 6.32. The van der Waals surface area contributed by atoms with E-state index in [1.165, 1.54) is 7.11 Å². The summed E-state index contributed by atoms with van der Waals surface area (Å²) in [6.45, 7) is 3.97. The highest BCUT2D eigenvalue weighted by Gasteiger charge is 2.14. The first-order valence-corrected chi connectivity index (χ1v) is 5.44. The Morgan fingerprint density at radius 1 is 1.50 bits per heavy atom. The van der Waals surface area contributed by atoms with Crippen LogP contribution in [0.1, 0.15) is 25.8 Å². The van der Waals surface area contributed by atoms with Crippen LogP contribution in [-0.4, -0.2) is 13.2 Å². The third kappa shape index (κ3) is 2.80. The molecular formula is C12H14ClNO2. The molecule has 3 nitrogen and oxygen atoms in total. The van der Waals surface area contributed by atoms with Crippen LogP contribution in [0.4, 0.5) is 0 Å². The highest BCUT2D eigenvalue weighted by atomic mass is 35.5. The molecule has 0 N–H and O–H groups in total. The molecule has 0 saturated heterocycles. The van der Waals surface area contributed by atoms with Gasteiger partial charge in [0.15, 0.2) is 11.5 Å². The van der Waals surface area contributed by atoms with Crippen LogP contribution in [0.25, 0.3) is 0 Å². The molecule has 0 bridgehead atoms. The van der Waals surface area contributed by atoms with Crippen LogP contribution >= 0.6 is 11.6 Å². The molecule has 4 heteroatoms. The van der Waals surface area contributed by atoms with Crippen LogP contribution in [0.15, 0.2) is 12.1 Å². The maximum absolute atomic E-state index is 8.80. The third-order valence-electron chi connectivity index (χ3n) is 2.25. The fraction of sp³-hybridized carbons (Fsp3) is 0.417. The molecule has 0 aromatic heterocycles. The van der Waals surface area contributed by atoms with Crippen molar-refractivity contribution in [3.8, 4) is 17.6 Å². The van der Waals surface area contributed by atoms with E-state index in [9.17, 15) is 0 Å². The summed E-state index contributed by atoms with van der Waals surface area (Å²) in [4.78, 5) is 0. The van der Waals surface area contributed by atoms with E-state index < -0.39 is 0 Å². The second-order valence-corrected chi connectivity index (χ2v) is 3.85. The van der Waals surface area contributed by atoms with Gasteiger partial charge in [-0.3, -0.25) is 0 Å². The molecule has 1 atom stereocenters. The zero-order valence-electron chi connectivity index (χ0n) is 9.58. The zero-order valence-corrected chi connectivity index (χ0v) is 10.3. The van der Waals surface area contributed by atoms with E-state index in [1.54, 1.807) is 12.1 Å². The van der Waals surface area contributed by atoms with Gasteiger partial charge in [-0.25, -0.2) is 0 Å². The lowest BCUT2D eigenvalue weighted by Gasteiger charge is -2.16. The summed E-state index contributed by atoms with van der Waals surface area (Å²) < 4.78 is 10.8. The van der Waals surface area contributed by atoms with Gasteiger partial charge in [0.1, 0.15) is 0 Å². The molecule has 0 saturated carbocycles. The van der Waals surface area contributed by atoms with Crippen molar-refractivity contribution >= 4 is 11.6 Å². The Kier molecular flexibility index (Phi) is 4.45. The van der Waals surface area contributed by atoms with Crippen molar-refractivity contribution < 1.29 is 9.47 Å². The summed E-state index contributed by atoms with van der Waals surface area (Å²) in [6, 6.07) is 5.20. The molecule has 0 unspecified atom stereocenters.